The molecule has 0 spiro atoms. The molecule has 1 saturated heterocycles. The summed E-state index contributed by atoms with van der Waals surface area (Å²) in [5.74, 6) is -0.317. The van der Waals surface area contributed by atoms with E-state index in [-0.39, 0.29) is 23.5 Å². The van der Waals surface area contributed by atoms with Crippen molar-refractivity contribution in [2.45, 2.75) is 37.7 Å². The van der Waals surface area contributed by atoms with Crippen molar-refractivity contribution in [1.82, 2.24) is 10.7 Å². The van der Waals surface area contributed by atoms with E-state index in [9.17, 15) is 18.0 Å². The summed E-state index contributed by atoms with van der Waals surface area (Å²) in [6.07, 6.45) is 3.46. The lowest BCUT2D eigenvalue weighted by Crippen LogP contribution is -2.40. The number of nitrogens with one attached hydrogen (secondary N) is 2. The number of hydrazone groups is 1. The number of benzene rings is 3. The average molecular weight is 579 g/mol. The Balaban J connectivity index is 1.34. The molecule has 1 heterocycles. The van der Waals surface area contributed by atoms with E-state index in [1.54, 1.807) is 54.6 Å². The maximum Gasteiger partial charge on any atom is 0.264 e. The average Bonchev–Trinajstić information content (AvgIpc) is 3.50. The molecule has 2 amide bonds. The van der Waals surface area contributed by atoms with Gasteiger partial charge in [-0.05, 0) is 85.8 Å². The summed E-state index contributed by atoms with van der Waals surface area (Å²) >= 11 is 0. The Morgan fingerprint density at radius 3 is 2.49 bits per heavy atom. The molecule has 2 N–H and O–H groups in total. The molecular formula is C30H34N4O6S. The molecule has 41 heavy (non-hydrogen) atoms. The lowest BCUT2D eigenvalue weighted by Gasteiger charge is -2.26. The van der Waals surface area contributed by atoms with Crippen molar-refractivity contribution >= 4 is 33.7 Å². The van der Waals surface area contributed by atoms with Crippen molar-refractivity contribution < 1.29 is 27.5 Å². The zero-order valence-electron chi connectivity index (χ0n) is 23.1. The Hall–Kier alpha value is -4.22. The number of carbonyl (C=O) groups is 2. The van der Waals surface area contributed by atoms with Crippen LogP contribution in [0.15, 0.2) is 82.8 Å². The normalized spacial score (nSPS) is 15.0. The molecule has 1 aliphatic rings. The standard InChI is InChI=1S/C30H34N4O6S/c1-22-8-6-12-28(23(22)2)34(41(37,38)27-10-4-3-5-11-27)20-29(35)33-32-18-24-13-15-25(16-14-24)40-21-30(36)31-19-26-9-7-17-39-26/h3-6,8,10-16,18,26H,7,9,17,19-21H2,1-2H3,(H,31,36)(H,33,35)/b32-18-/t26-/m0/s1. The Labute approximate surface area is 240 Å². The van der Waals surface area contributed by atoms with Crippen LogP contribution in [0.3, 0.4) is 0 Å². The van der Waals surface area contributed by atoms with Gasteiger partial charge in [-0.25, -0.2) is 13.8 Å². The van der Waals surface area contributed by atoms with Crippen LogP contribution in [-0.4, -0.2) is 58.9 Å². The summed E-state index contributed by atoms with van der Waals surface area (Å²) in [5.41, 5.74) is 5.16. The van der Waals surface area contributed by atoms with Gasteiger partial charge >= 0.3 is 0 Å². The first-order valence-corrected chi connectivity index (χ1v) is 14.7. The number of hydrogen-bond acceptors (Lipinski definition) is 7. The minimum Gasteiger partial charge on any atom is -0.484 e. The maximum atomic E-state index is 13.5. The van der Waals surface area contributed by atoms with E-state index in [2.05, 4.69) is 15.8 Å². The van der Waals surface area contributed by atoms with E-state index in [4.69, 9.17) is 9.47 Å². The molecule has 3 aromatic rings. The molecule has 10 nitrogen and oxygen atoms in total. The molecule has 1 atom stereocenters. The van der Waals surface area contributed by atoms with Gasteiger partial charge in [0.2, 0.25) is 0 Å². The summed E-state index contributed by atoms with van der Waals surface area (Å²) < 4.78 is 39.1. The van der Waals surface area contributed by atoms with Gasteiger partial charge in [-0.2, -0.15) is 5.10 Å². The van der Waals surface area contributed by atoms with Crippen LogP contribution in [0.25, 0.3) is 0 Å². The number of nitrogens with zero attached hydrogens (tertiary/aromatic N) is 2. The van der Waals surface area contributed by atoms with Crippen LogP contribution in [-0.2, 0) is 24.3 Å². The van der Waals surface area contributed by atoms with Crippen molar-refractivity contribution in [2.24, 2.45) is 5.10 Å². The highest BCUT2D eigenvalue weighted by molar-refractivity contribution is 7.92. The minimum atomic E-state index is -4.02. The van der Waals surface area contributed by atoms with Crippen LogP contribution in [0.2, 0.25) is 0 Å². The van der Waals surface area contributed by atoms with E-state index in [1.807, 2.05) is 19.9 Å². The second-order valence-corrected chi connectivity index (χ2v) is 11.5. The molecule has 4 rings (SSSR count). The molecule has 1 fully saturated rings. The number of anilines is 1. The topological polar surface area (TPSA) is 126 Å². The third kappa shape index (κ3) is 8.15. The van der Waals surface area contributed by atoms with Crippen LogP contribution in [0.4, 0.5) is 5.69 Å². The molecule has 1 aliphatic heterocycles. The number of sulfonamides is 1. The van der Waals surface area contributed by atoms with Gasteiger partial charge in [-0.1, -0.05) is 30.3 Å². The predicted octanol–water partition coefficient (Wildman–Crippen LogP) is 3.32. The van der Waals surface area contributed by atoms with Gasteiger partial charge in [0.1, 0.15) is 12.3 Å². The highest BCUT2D eigenvalue weighted by Gasteiger charge is 2.28. The fraction of sp³-hybridized carbons (Fsp3) is 0.300. The second kappa shape index (κ2) is 13.9. The molecule has 216 valence electrons. The first-order valence-electron chi connectivity index (χ1n) is 13.3. The van der Waals surface area contributed by atoms with Gasteiger partial charge < -0.3 is 14.8 Å². The van der Waals surface area contributed by atoms with Crippen molar-refractivity contribution in [1.29, 1.82) is 0 Å². The number of rotatable bonds is 12. The number of carbonyl (C=O) groups excluding carboxylic acids is 2. The Bertz CT molecular complexity index is 1470. The lowest BCUT2D eigenvalue weighted by molar-refractivity contribution is -0.123. The summed E-state index contributed by atoms with van der Waals surface area (Å²) in [5, 5.41) is 6.79. The largest absolute Gasteiger partial charge is 0.484 e. The second-order valence-electron chi connectivity index (χ2n) is 9.63. The highest BCUT2D eigenvalue weighted by Crippen LogP contribution is 2.28. The molecule has 11 heteroatoms. The maximum absolute atomic E-state index is 13.5. The Morgan fingerprint density at radius 1 is 1.02 bits per heavy atom. The Morgan fingerprint density at radius 2 is 1.78 bits per heavy atom. The lowest BCUT2D eigenvalue weighted by atomic mass is 10.1. The number of amides is 2. The molecule has 0 unspecified atom stereocenters. The molecule has 0 radical (unpaired) electrons. The molecule has 0 aromatic heterocycles. The summed E-state index contributed by atoms with van der Waals surface area (Å²) in [7, 11) is -4.02. The molecule has 0 saturated carbocycles. The molecule has 3 aromatic carbocycles. The zero-order valence-corrected chi connectivity index (χ0v) is 23.9. The molecule has 0 aliphatic carbocycles. The van der Waals surface area contributed by atoms with Gasteiger partial charge in [-0.3, -0.25) is 13.9 Å². The van der Waals surface area contributed by atoms with Gasteiger partial charge in [-0.15, -0.1) is 0 Å². The zero-order chi connectivity index (χ0) is 29.2. The quantitative estimate of drug-likeness (QED) is 0.251. The fourth-order valence-electron chi connectivity index (χ4n) is 4.25. The van der Waals surface area contributed by atoms with Crippen molar-refractivity contribution in [3.63, 3.8) is 0 Å². The third-order valence-corrected chi connectivity index (χ3v) is 8.44. The van der Waals surface area contributed by atoms with Gasteiger partial charge in [0.25, 0.3) is 21.8 Å². The minimum absolute atomic E-state index is 0.0704. The highest BCUT2D eigenvalue weighted by atomic mass is 32.2. The number of aryl methyl sites for hydroxylation is 1. The van der Waals surface area contributed by atoms with E-state index in [0.717, 1.165) is 34.9 Å². The third-order valence-electron chi connectivity index (χ3n) is 6.67. The van der Waals surface area contributed by atoms with Gasteiger partial charge in [0.15, 0.2) is 6.61 Å². The van der Waals surface area contributed by atoms with E-state index >= 15 is 0 Å². The van der Waals surface area contributed by atoms with E-state index in [1.165, 1.54) is 18.3 Å². The monoisotopic (exact) mass is 578 g/mol. The Kier molecular flexibility index (Phi) is 10.1. The molecular weight excluding hydrogens is 544 g/mol. The van der Waals surface area contributed by atoms with E-state index < -0.39 is 22.5 Å². The first kappa shape index (κ1) is 29.8. The summed E-state index contributed by atoms with van der Waals surface area (Å²) in [6.45, 7) is 4.34. The van der Waals surface area contributed by atoms with Crippen LogP contribution in [0.5, 0.6) is 5.75 Å². The van der Waals surface area contributed by atoms with Crippen molar-refractivity contribution in [3.8, 4) is 5.75 Å². The van der Waals surface area contributed by atoms with Gasteiger partial charge in [0.05, 0.1) is 22.9 Å². The van der Waals surface area contributed by atoms with Gasteiger partial charge in [0, 0.05) is 13.2 Å². The number of ether oxygens (including phenoxy) is 2. The number of hydrogen-bond donors (Lipinski definition) is 2. The van der Waals surface area contributed by atoms with Crippen LogP contribution in [0.1, 0.15) is 29.5 Å². The van der Waals surface area contributed by atoms with Crippen LogP contribution in [0, 0.1) is 13.8 Å². The fourth-order valence-corrected chi connectivity index (χ4v) is 5.75. The van der Waals surface area contributed by atoms with Crippen molar-refractivity contribution in [2.75, 3.05) is 30.6 Å². The first-order chi connectivity index (χ1) is 19.7. The summed E-state index contributed by atoms with van der Waals surface area (Å²) in [6, 6.07) is 20.1. The smallest absolute Gasteiger partial charge is 0.264 e. The molecule has 0 bridgehead atoms. The van der Waals surface area contributed by atoms with Crippen molar-refractivity contribution in [3.05, 3.63) is 89.5 Å². The van der Waals surface area contributed by atoms with Crippen LogP contribution >= 0.6 is 0 Å². The SMILES string of the molecule is Cc1cccc(N(CC(=O)N/N=C\c2ccc(OCC(=O)NC[C@@H]3CCCO3)cc2)S(=O)(=O)c2ccccc2)c1C. The summed E-state index contributed by atoms with van der Waals surface area (Å²) in [4.78, 5) is 24.9. The van der Waals surface area contributed by atoms with Crippen LogP contribution < -0.4 is 19.8 Å². The predicted molar refractivity (Wildman–Crippen MR) is 157 cm³/mol. The van der Waals surface area contributed by atoms with E-state index in [0.29, 0.717) is 23.5 Å².